The van der Waals surface area contributed by atoms with E-state index in [1.54, 1.807) is 12.1 Å². The molecule has 0 heterocycles. The van der Waals surface area contributed by atoms with Gasteiger partial charge in [-0.05, 0) is 86.9 Å². The first kappa shape index (κ1) is 25.3. The van der Waals surface area contributed by atoms with E-state index in [0.29, 0.717) is 12.2 Å². The molecule has 0 fully saturated rings. The second-order valence-electron chi connectivity index (χ2n) is 8.62. The van der Waals surface area contributed by atoms with Gasteiger partial charge in [-0.3, -0.25) is 0 Å². The summed E-state index contributed by atoms with van der Waals surface area (Å²) < 4.78 is 0. The predicted molar refractivity (Wildman–Crippen MR) is 140 cm³/mol. The normalized spacial score (nSPS) is 10.7. The van der Waals surface area contributed by atoms with Crippen molar-refractivity contribution < 1.29 is 9.90 Å². The molecule has 0 aliphatic carbocycles. The van der Waals surface area contributed by atoms with Gasteiger partial charge in [-0.15, -0.1) is 0 Å². The number of anilines is 1. The number of urea groups is 1. The summed E-state index contributed by atoms with van der Waals surface area (Å²) in [5.41, 5.74) is 4.18. The SMILES string of the molecule is O=C(NCCCCc1ccccc1)Nc1ccc(CCNCCCCc2ccccc2)cc1O. The van der Waals surface area contributed by atoms with Crippen LogP contribution in [0.4, 0.5) is 10.5 Å². The van der Waals surface area contributed by atoms with Crippen molar-refractivity contribution >= 4 is 11.7 Å². The predicted octanol–water partition coefficient (Wildman–Crippen LogP) is 5.69. The van der Waals surface area contributed by atoms with Crippen LogP contribution in [0.1, 0.15) is 42.4 Å². The fourth-order valence-corrected chi connectivity index (χ4v) is 3.89. The highest BCUT2D eigenvalue weighted by atomic mass is 16.3. The molecule has 4 N–H and O–H groups in total. The van der Waals surface area contributed by atoms with Gasteiger partial charge in [0.25, 0.3) is 0 Å². The molecule has 3 aromatic carbocycles. The van der Waals surface area contributed by atoms with E-state index in [-0.39, 0.29) is 11.8 Å². The number of carbonyl (C=O) groups excluding carboxylic acids is 1. The Bertz CT molecular complexity index is 977. The van der Waals surface area contributed by atoms with Gasteiger partial charge in [0.1, 0.15) is 5.75 Å². The van der Waals surface area contributed by atoms with Crippen molar-refractivity contribution in [3.8, 4) is 5.75 Å². The van der Waals surface area contributed by atoms with Crippen molar-refractivity contribution in [1.82, 2.24) is 10.6 Å². The molecule has 3 aromatic rings. The quantitative estimate of drug-likeness (QED) is 0.185. The van der Waals surface area contributed by atoms with E-state index < -0.39 is 0 Å². The largest absolute Gasteiger partial charge is 0.506 e. The summed E-state index contributed by atoms with van der Waals surface area (Å²) in [7, 11) is 0. The van der Waals surface area contributed by atoms with Crippen LogP contribution in [0.25, 0.3) is 0 Å². The molecule has 0 saturated heterocycles. The van der Waals surface area contributed by atoms with E-state index >= 15 is 0 Å². The molecule has 0 aliphatic rings. The summed E-state index contributed by atoms with van der Waals surface area (Å²) >= 11 is 0. The minimum absolute atomic E-state index is 0.0968. The van der Waals surface area contributed by atoms with Crippen LogP contribution < -0.4 is 16.0 Å². The van der Waals surface area contributed by atoms with Gasteiger partial charge >= 0.3 is 6.03 Å². The summed E-state index contributed by atoms with van der Waals surface area (Å²) in [6, 6.07) is 26.1. The second kappa shape index (κ2) is 14.8. The van der Waals surface area contributed by atoms with Crippen molar-refractivity contribution in [1.29, 1.82) is 0 Å². The number of carbonyl (C=O) groups is 1. The topological polar surface area (TPSA) is 73.4 Å². The van der Waals surface area contributed by atoms with Crippen LogP contribution in [0.2, 0.25) is 0 Å². The Kier molecular flexibility index (Phi) is 11.0. The zero-order valence-corrected chi connectivity index (χ0v) is 19.9. The van der Waals surface area contributed by atoms with Crippen LogP contribution in [0.5, 0.6) is 5.75 Å². The Hall–Kier alpha value is -3.31. The zero-order valence-electron chi connectivity index (χ0n) is 19.9. The van der Waals surface area contributed by atoms with Crippen molar-refractivity contribution in [2.24, 2.45) is 0 Å². The van der Waals surface area contributed by atoms with E-state index in [4.69, 9.17) is 0 Å². The molecule has 34 heavy (non-hydrogen) atoms. The number of benzene rings is 3. The lowest BCUT2D eigenvalue weighted by Crippen LogP contribution is -2.29. The maximum absolute atomic E-state index is 12.1. The summed E-state index contributed by atoms with van der Waals surface area (Å²) in [5, 5.41) is 19.4. The van der Waals surface area contributed by atoms with Crippen LogP contribution in [0.3, 0.4) is 0 Å². The minimum atomic E-state index is -0.292. The first-order valence-corrected chi connectivity index (χ1v) is 12.4. The molecule has 5 heteroatoms. The van der Waals surface area contributed by atoms with E-state index in [0.717, 1.165) is 57.2 Å². The second-order valence-corrected chi connectivity index (χ2v) is 8.62. The Morgan fingerprint density at radius 3 is 1.88 bits per heavy atom. The third-order valence-electron chi connectivity index (χ3n) is 5.83. The summed E-state index contributed by atoms with van der Waals surface area (Å²) in [4.78, 5) is 12.1. The lowest BCUT2D eigenvalue weighted by molar-refractivity contribution is 0.252. The number of aryl methyl sites for hydroxylation is 2. The maximum atomic E-state index is 12.1. The highest BCUT2D eigenvalue weighted by Gasteiger charge is 2.07. The van der Waals surface area contributed by atoms with E-state index in [2.05, 4.69) is 58.4 Å². The molecule has 0 saturated carbocycles. The summed E-state index contributed by atoms with van der Waals surface area (Å²) in [5.74, 6) is 0.0968. The van der Waals surface area contributed by atoms with Crippen LogP contribution in [0.15, 0.2) is 78.9 Å². The lowest BCUT2D eigenvalue weighted by Gasteiger charge is -2.11. The number of phenolic OH excluding ortho intramolecular Hbond substituents is 1. The van der Waals surface area contributed by atoms with Gasteiger partial charge in [0, 0.05) is 6.54 Å². The standard InChI is InChI=1S/C29H37N3O2/c33-28-23-26(19-22-30-20-9-7-15-24-11-3-1-4-12-24)17-18-27(28)32-29(34)31-21-10-8-16-25-13-5-2-6-14-25/h1-6,11-14,17-18,23,30,33H,7-10,15-16,19-22H2,(H2,31,32,34). The van der Waals surface area contributed by atoms with Crippen molar-refractivity contribution in [2.75, 3.05) is 25.0 Å². The number of phenols is 1. The third-order valence-corrected chi connectivity index (χ3v) is 5.83. The van der Waals surface area contributed by atoms with Crippen LogP contribution in [0, 0.1) is 0 Å². The van der Waals surface area contributed by atoms with Gasteiger partial charge in [0.15, 0.2) is 0 Å². The number of amides is 2. The molecule has 2 amide bonds. The minimum Gasteiger partial charge on any atom is -0.506 e. The molecule has 0 bridgehead atoms. The van der Waals surface area contributed by atoms with Crippen LogP contribution in [-0.2, 0) is 19.3 Å². The Balaban J connectivity index is 1.25. The van der Waals surface area contributed by atoms with E-state index in [1.165, 1.54) is 17.5 Å². The first-order chi connectivity index (χ1) is 16.7. The van der Waals surface area contributed by atoms with E-state index in [9.17, 15) is 9.90 Å². The van der Waals surface area contributed by atoms with Gasteiger partial charge in [0.2, 0.25) is 0 Å². The first-order valence-electron chi connectivity index (χ1n) is 12.4. The average molecular weight is 460 g/mol. The van der Waals surface area contributed by atoms with Gasteiger partial charge in [-0.1, -0.05) is 66.7 Å². The average Bonchev–Trinajstić information content (AvgIpc) is 2.86. The smallest absolute Gasteiger partial charge is 0.319 e. The maximum Gasteiger partial charge on any atom is 0.319 e. The highest BCUT2D eigenvalue weighted by Crippen LogP contribution is 2.24. The molecule has 180 valence electrons. The number of rotatable bonds is 14. The number of hydrogen-bond acceptors (Lipinski definition) is 3. The molecule has 0 spiro atoms. The van der Waals surface area contributed by atoms with Crippen molar-refractivity contribution in [2.45, 2.75) is 44.9 Å². The summed E-state index contributed by atoms with van der Waals surface area (Å²) in [6.45, 7) is 2.46. The number of nitrogens with one attached hydrogen (secondary N) is 3. The molecular weight excluding hydrogens is 422 g/mol. The fraction of sp³-hybridized carbons (Fsp3) is 0.345. The van der Waals surface area contributed by atoms with Gasteiger partial charge in [0.05, 0.1) is 5.69 Å². The van der Waals surface area contributed by atoms with Gasteiger partial charge in [-0.2, -0.15) is 0 Å². The molecular formula is C29H37N3O2. The van der Waals surface area contributed by atoms with Gasteiger partial charge in [-0.25, -0.2) is 4.79 Å². The molecule has 0 atom stereocenters. The Labute approximate surface area is 203 Å². The molecule has 3 rings (SSSR count). The molecule has 0 aromatic heterocycles. The number of aromatic hydroxyl groups is 1. The van der Waals surface area contributed by atoms with Gasteiger partial charge < -0.3 is 21.1 Å². The lowest BCUT2D eigenvalue weighted by atomic mass is 10.1. The monoisotopic (exact) mass is 459 g/mol. The summed E-state index contributed by atoms with van der Waals surface area (Å²) in [6.07, 6.45) is 7.20. The van der Waals surface area contributed by atoms with E-state index in [1.807, 2.05) is 24.3 Å². The number of unbranched alkanes of at least 4 members (excludes halogenated alkanes) is 2. The molecule has 0 aliphatic heterocycles. The highest BCUT2D eigenvalue weighted by molar-refractivity contribution is 5.90. The van der Waals surface area contributed by atoms with Crippen molar-refractivity contribution in [3.05, 3.63) is 95.6 Å². The molecule has 0 radical (unpaired) electrons. The Morgan fingerprint density at radius 1 is 0.647 bits per heavy atom. The third kappa shape index (κ3) is 9.67. The molecule has 0 unspecified atom stereocenters. The fourth-order valence-electron chi connectivity index (χ4n) is 3.89. The number of hydrogen-bond donors (Lipinski definition) is 4. The van der Waals surface area contributed by atoms with Crippen molar-refractivity contribution in [3.63, 3.8) is 0 Å². The molecule has 5 nitrogen and oxygen atoms in total. The van der Waals surface area contributed by atoms with Crippen LogP contribution >= 0.6 is 0 Å². The Morgan fingerprint density at radius 2 is 1.26 bits per heavy atom. The van der Waals surface area contributed by atoms with Crippen LogP contribution in [-0.4, -0.2) is 30.8 Å². The zero-order chi connectivity index (χ0) is 23.8.